The van der Waals surface area contributed by atoms with E-state index >= 15 is 0 Å². The highest BCUT2D eigenvalue weighted by Crippen LogP contribution is 2.32. The van der Waals surface area contributed by atoms with Crippen LogP contribution in [0.3, 0.4) is 0 Å². The van der Waals surface area contributed by atoms with Gasteiger partial charge in [-0.3, -0.25) is 13.9 Å². The number of morpholine rings is 1. The van der Waals surface area contributed by atoms with Gasteiger partial charge in [0.15, 0.2) is 0 Å². The summed E-state index contributed by atoms with van der Waals surface area (Å²) >= 11 is 1.58. The van der Waals surface area contributed by atoms with Crippen molar-refractivity contribution in [2.75, 3.05) is 37.7 Å². The van der Waals surface area contributed by atoms with Crippen molar-refractivity contribution < 1.29 is 17.9 Å². The highest BCUT2D eigenvalue weighted by atomic mass is 32.2. The SMILES string of the molecule is COc1ccc(N(Cc2cc(CN3CCOCC3)cs2)S(=O)(=O)c2c(C)nn(C)c2C)cc1. The first-order valence-corrected chi connectivity index (χ1v) is 13.1. The van der Waals surface area contributed by atoms with E-state index in [2.05, 4.69) is 21.4 Å². The molecule has 1 aromatic carbocycles. The van der Waals surface area contributed by atoms with Gasteiger partial charge < -0.3 is 9.47 Å². The van der Waals surface area contributed by atoms with E-state index in [4.69, 9.17) is 9.47 Å². The van der Waals surface area contributed by atoms with Crippen LogP contribution in [0.1, 0.15) is 21.8 Å². The lowest BCUT2D eigenvalue weighted by molar-refractivity contribution is 0.0342. The van der Waals surface area contributed by atoms with Gasteiger partial charge in [0, 0.05) is 31.6 Å². The summed E-state index contributed by atoms with van der Waals surface area (Å²) in [5.74, 6) is 0.675. The topological polar surface area (TPSA) is 76.9 Å². The number of nitrogens with zero attached hydrogens (tertiary/aromatic N) is 4. The number of aryl methyl sites for hydroxylation is 2. The number of anilines is 1. The van der Waals surface area contributed by atoms with E-state index in [1.807, 2.05) is 0 Å². The summed E-state index contributed by atoms with van der Waals surface area (Å²) < 4.78 is 41.6. The Bertz CT molecular complexity index is 1200. The van der Waals surface area contributed by atoms with Crippen molar-refractivity contribution in [3.63, 3.8) is 0 Å². The van der Waals surface area contributed by atoms with Crippen LogP contribution in [-0.2, 0) is 34.9 Å². The standard InChI is InChI=1S/C23H30N4O4S2/c1-17-23(18(2)25(3)24-17)33(28,29)27(20-5-7-21(30-4)8-6-20)15-22-13-19(16-32-22)14-26-9-11-31-12-10-26/h5-8,13,16H,9-12,14-15H2,1-4H3. The van der Waals surface area contributed by atoms with Crippen molar-refractivity contribution in [2.45, 2.75) is 31.8 Å². The fourth-order valence-corrected chi connectivity index (χ4v) is 6.85. The molecule has 0 N–H and O–H groups in total. The highest BCUT2D eigenvalue weighted by Gasteiger charge is 2.31. The second-order valence-electron chi connectivity index (χ2n) is 8.14. The molecule has 1 aliphatic rings. The number of hydrogen-bond donors (Lipinski definition) is 0. The molecule has 1 aliphatic heterocycles. The molecular formula is C23H30N4O4S2. The van der Waals surface area contributed by atoms with Crippen molar-refractivity contribution in [3.05, 3.63) is 57.5 Å². The maximum absolute atomic E-state index is 13.9. The van der Waals surface area contributed by atoms with Gasteiger partial charge in [0.1, 0.15) is 10.6 Å². The summed E-state index contributed by atoms with van der Waals surface area (Å²) in [6, 6.07) is 9.21. The van der Waals surface area contributed by atoms with Crippen LogP contribution < -0.4 is 9.04 Å². The molecule has 1 saturated heterocycles. The molecule has 0 atom stereocenters. The van der Waals surface area contributed by atoms with Crippen LogP contribution in [0.2, 0.25) is 0 Å². The van der Waals surface area contributed by atoms with Crippen LogP contribution in [-0.4, -0.2) is 56.5 Å². The molecule has 0 bridgehead atoms. The minimum absolute atomic E-state index is 0.246. The number of hydrogen-bond acceptors (Lipinski definition) is 7. The Labute approximate surface area is 199 Å². The maximum atomic E-state index is 13.9. The molecule has 8 nitrogen and oxygen atoms in total. The minimum atomic E-state index is -3.84. The van der Waals surface area contributed by atoms with E-state index < -0.39 is 10.0 Å². The Morgan fingerprint density at radius 2 is 1.88 bits per heavy atom. The molecule has 2 aromatic heterocycles. The van der Waals surface area contributed by atoms with Gasteiger partial charge in [-0.05, 0) is 55.1 Å². The molecule has 178 valence electrons. The van der Waals surface area contributed by atoms with Crippen molar-refractivity contribution in [2.24, 2.45) is 7.05 Å². The minimum Gasteiger partial charge on any atom is -0.497 e. The van der Waals surface area contributed by atoms with E-state index in [1.165, 1.54) is 9.87 Å². The molecule has 0 radical (unpaired) electrons. The maximum Gasteiger partial charge on any atom is 0.268 e. The molecule has 33 heavy (non-hydrogen) atoms. The van der Waals surface area contributed by atoms with Gasteiger partial charge in [0.05, 0.1) is 43.9 Å². The van der Waals surface area contributed by atoms with Crippen molar-refractivity contribution in [1.29, 1.82) is 0 Å². The number of thiophene rings is 1. The molecule has 3 heterocycles. The second kappa shape index (κ2) is 9.84. The molecule has 4 rings (SSSR count). The number of rotatable bonds is 8. The Hall–Kier alpha value is -2.40. The summed E-state index contributed by atoms with van der Waals surface area (Å²) in [7, 11) is -0.490. The normalized spacial score (nSPS) is 15.0. The van der Waals surface area contributed by atoms with Crippen LogP contribution in [0.5, 0.6) is 5.75 Å². The number of benzene rings is 1. The first kappa shape index (κ1) is 23.7. The average Bonchev–Trinajstić information content (AvgIpc) is 3.35. The third kappa shape index (κ3) is 5.08. The molecule has 0 unspecified atom stereocenters. The van der Waals surface area contributed by atoms with E-state index in [1.54, 1.807) is 68.3 Å². The van der Waals surface area contributed by atoms with Crippen LogP contribution in [0.15, 0.2) is 40.6 Å². The molecule has 1 fully saturated rings. The smallest absolute Gasteiger partial charge is 0.268 e. The number of methoxy groups -OCH3 is 1. The average molecular weight is 491 g/mol. The van der Waals surface area contributed by atoms with Gasteiger partial charge in [0.25, 0.3) is 10.0 Å². The van der Waals surface area contributed by atoms with Crippen LogP contribution in [0, 0.1) is 13.8 Å². The lowest BCUT2D eigenvalue weighted by Gasteiger charge is -2.26. The highest BCUT2D eigenvalue weighted by molar-refractivity contribution is 7.92. The fraction of sp³-hybridized carbons (Fsp3) is 0.435. The zero-order valence-corrected chi connectivity index (χ0v) is 21.1. The Morgan fingerprint density at radius 3 is 2.48 bits per heavy atom. The van der Waals surface area contributed by atoms with Gasteiger partial charge >= 0.3 is 0 Å². The Kier molecular flexibility index (Phi) is 7.08. The van der Waals surface area contributed by atoms with Crippen LogP contribution in [0.4, 0.5) is 5.69 Å². The van der Waals surface area contributed by atoms with Gasteiger partial charge in [-0.15, -0.1) is 11.3 Å². The summed E-state index contributed by atoms with van der Waals surface area (Å²) in [6.07, 6.45) is 0. The van der Waals surface area contributed by atoms with Crippen molar-refractivity contribution >= 4 is 27.0 Å². The zero-order chi connectivity index (χ0) is 23.6. The van der Waals surface area contributed by atoms with Gasteiger partial charge in [-0.2, -0.15) is 5.10 Å². The van der Waals surface area contributed by atoms with Crippen LogP contribution in [0.25, 0.3) is 0 Å². The van der Waals surface area contributed by atoms with Crippen molar-refractivity contribution in [1.82, 2.24) is 14.7 Å². The van der Waals surface area contributed by atoms with Gasteiger partial charge in [0.2, 0.25) is 0 Å². The summed E-state index contributed by atoms with van der Waals surface area (Å²) in [6.45, 7) is 7.94. The molecular weight excluding hydrogens is 460 g/mol. The molecule has 10 heteroatoms. The molecule has 0 spiro atoms. The summed E-state index contributed by atoms with van der Waals surface area (Å²) in [5.41, 5.74) is 2.89. The predicted molar refractivity (Wildman–Crippen MR) is 129 cm³/mol. The largest absolute Gasteiger partial charge is 0.497 e. The number of ether oxygens (including phenoxy) is 2. The summed E-state index contributed by atoms with van der Waals surface area (Å²) in [5, 5.41) is 6.45. The van der Waals surface area contributed by atoms with E-state index in [0.717, 1.165) is 37.7 Å². The first-order valence-electron chi connectivity index (χ1n) is 10.8. The Morgan fingerprint density at radius 1 is 1.18 bits per heavy atom. The Balaban J connectivity index is 1.66. The number of sulfonamides is 1. The van der Waals surface area contributed by atoms with Crippen molar-refractivity contribution in [3.8, 4) is 5.75 Å². The van der Waals surface area contributed by atoms with Gasteiger partial charge in [-0.1, -0.05) is 0 Å². The van der Waals surface area contributed by atoms with E-state index in [0.29, 0.717) is 22.8 Å². The third-order valence-electron chi connectivity index (χ3n) is 5.87. The first-order chi connectivity index (χ1) is 15.8. The molecule has 0 saturated carbocycles. The van der Waals surface area contributed by atoms with Crippen LogP contribution >= 0.6 is 11.3 Å². The molecule has 0 amide bonds. The predicted octanol–water partition coefficient (Wildman–Crippen LogP) is 3.33. The molecule has 0 aliphatic carbocycles. The lowest BCUT2D eigenvalue weighted by Crippen LogP contribution is -2.35. The van der Waals surface area contributed by atoms with Gasteiger partial charge in [-0.25, -0.2) is 8.42 Å². The molecule has 3 aromatic rings. The fourth-order valence-electron chi connectivity index (χ4n) is 4.05. The lowest BCUT2D eigenvalue weighted by atomic mass is 10.2. The monoisotopic (exact) mass is 490 g/mol. The zero-order valence-electron chi connectivity index (χ0n) is 19.4. The third-order valence-corrected chi connectivity index (χ3v) is 8.87. The quantitative estimate of drug-likeness (QED) is 0.482. The summed E-state index contributed by atoms with van der Waals surface area (Å²) in [4.78, 5) is 3.60. The number of aromatic nitrogens is 2. The van der Waals surface area contributed by atoms with E-state index in [-0.39, 0.29) is 11.4 Å². The second-order valence-corrected chi connectivity index (χ2v) is 10.9. The van der Waals surface area contributed by atoms with E-state index in [9.17, 15) is 8.42 Å².